The summed E-state index contributed by atoms with van der Waals surface area (Å²) >= 11 is 1.53. The van der Waals surface area contributed by atoms with Crippen molar-refractivity contribution in [2.75, 3.05) is 0 Å². The van der Waals surface area contributed by atoms with Crippen LogP contribution in [0, 0.1) is 11.8 Å². The summed E-state index contributed by atoms with van der Waals surface area (Å²) in [7, 11) is 0. The van der Waals surface area contributed by atoms with E-state index in [1.165, 1.54) is 30.6 Å². The van der Waals surface area contributed by atoms with Crippen molar-refractivity contribution in [1.82, 2.24) is 35.2 Å². The van der Waals surface area contributed by atoms with Crippen LogP contribution in [-0.4, -0.2) is 35.2 Å². The van der Waals surface area contributed by atoms with Crippen molar-refractivity contribution in [3.8, 4) is 17.8 Å². The Kier molecular flexibility index (Phi) is 3.87. The van der Waals surface area contributed by atoms with Crippen LogP contribution in [0.2, 0.25) is 0 Å². The number of rotatable bonds is 2. The lowest BCUT2D eigenvalue weighted by Crippen LogP contribution is -2.34. The van der Waals surface area contributed by atoms with E-state index in [1.807, 2.05) is 0 Å². The molecule has 10 heteroatoms. The molecule has 138 valence electrons. The largest absolute Gasteiger partial charge is 0.336 e. The molecular weight excluding hydrogens is 378 g/mol. The Morgan fingerprint density at radius 2 is 2.11 bits per heavy atom. The van der Waals surface area contributed by atoms with Crippen molar-refractivity contribution in [1.29, 1.82) is 0 Å². The van der Waals surface area contributed by atoms with Gasteiger partial charge in [0.25, 0.3) is 11.5 Å². The van der Waals surface area contributed by atoms with E-state index in [-0.39, 0.29) is 5.95 Å². The van der Waals surface area contributed by atoms with E-state index in [0.717, 1.165) is 15.3 Å². The summed E-state index contributed by atoms with van der Waals surface area (Å²) < 4.78 is 0.828. The van der Waals surface area contributed by atoms with Crippen LogP contribution >= 0.6 is 11.3 Å². The number of aromatic amines is 2. The van der Waals surface area contributed by atoms with Gasteiger partial charge >= 0.3 is 5.69 Å². The van der Waals surface area contributed by atoms with Crippen LogP contribution in [0.3, 0.4) is 0 Å². The number of benzene rings is 1. The van der Waals surface area contributed by atoms with Gasteiger partial charge < -0.3 is 4.98 Å². The lowest BCUT2D eigenvalue weighted by Gasteiger charge is -2.22. The molecule has 0 unspecified atom stereocenters. The molecule has 0 spiro atoms. The molecule has 3 heterocycles. The predicted molar refractivity (Wildman–Crippen MR) is 103 cm³/mol. The zero-order valence-electron chi connectivity index (χ0n) is 14.5. The molecular formula is C18H13N7O2S. The third-order valence-electron chi connectivity index (χ3n) is 4.79. The van der Waals surface area contributed by atoms with Gasteiger partial charge in [-0.1, -0.05) is 17.4 Å². The van der Waals surface area contributed by atoms with E-state index in [2.05, 4.69) is 47.8 Å². The highest BCUT2D eigenvalue weighted by atomic mass is 32.1. The van der Waals surface area contributed by atoms with Crippen LogP contribution in [0.5, 0.6) is 0 Å². The van der Waals surface area contributed by atoms with Gasteiger partial charge in [0, 0.05) is 16.9 Å². The van der Waals surface area contributed by atoms with Gasteiger partial charge in [0.15, 0.2) is 5.01 Å². The van der Waals surface area contributed by atoms with E-state index in [1.54, 1.807) is 18.2 Å². The van der Waals surface area contributed by atoms with Gasteiger partial charge in [0.2, 0.25) is 0 Å². The number of H-pyrrole nitrogens is 2. The molecule has 3 aromatic heterocycles. The SMILES string of the molecule is O=c1[nH]c2ccc(C#Cc3nc(C4CCC4)cs3)cc2c(=O)n1-c1nn[nH]n1. The number of thiazole rings is 1. The lowest BCUT2D eigenvalue weighted by molar-refractivity contribution is 0.412. The molecule has 0 atom stereocenters. The molecule has 0 saturated heterocycles. The van der Waals surface area contributed by atoms with E-state index < -0.39 is 11.2 Å². The van der Waals surface area contributed by atoms with E-state index in [0.29, 0.717) is 22.4 Å². The second-order valence-corrected chi connectivity index (χ2v) is 7.36. The molecule has 1 aliphatic carbocycles. The van der Waals surface area contributed by atoms with Crippen LogP contribution < -0.4 is 11.2 Å². The summed E-state index contributed by atoms with van der Waals surface area (Å²) in [4.78, 5) is 32.2. The summed E-state index contributed by atoms with van der Waals surface area (Å²) in [6, 6.07) is 5.05. The topological polar surface area (TPSA) is 122 Å². The number of nitrogens with zero attached hydrogens (tertiary/aromatic N) is 5. The Morgan fingerprint density at radius 1 is 1.21 bits per heavy atom. The van der Waals surface area contributed by atoms with Gasteiger partial charge in [-0.05, 0) is 42.2 Å². The van der Waals surface area contributed by atoms with Gasteiger partial charge in [-0.2, -0.15) is 9.78 Å². The van der Waals surface area contributed by atoms with Crippen molar-refractivity contribution < 1.29 is 0 Å². The second-order valence-electron chi connectivity index (χ2n) is 6.50. The molecule has 1 fully saturated rings. The maximum atomic E-state index is 12.8. The third-order valence-corrected chi connectivity index (χ3v) is 5.57. The highest BCUT2D eigenvalue weighted by Crippen LogP contribution is 2.36. The lowest BCUT2D eigenvalue weighted by atomic mass is 9.83. The van der Waals surface area contributed by atoms with Gasteiger partial charge in [-0.25, -0.2) is 9.78 Å². The molecule has 1 saturated carbocycles. The highest BCUT2D eigenvalue weighted by Gasteiger charge is 2.21. The molecule has 1 aliphatic rings. The Morgan fingerprint density at radius 3 is 2.86 bits per heavy atom. The fraction of sp³-hybridized carbons (Fsp3) is 0.222. The molecule has 1 aromatic carbocycles. The van der Waals surface area contributed by atoms with Crippen molar-refractivity contribution >= 4 is 22.2 Å². The first kappa shape index (κ1) is 16.6. The predicted octanol–water partition coefficient (Wildman–Crippen LogP) is 1.32. The first-order valence-corrected chi connectivity index (χ1v) is 9.57. The minimum absolute atomic E-state index is 0.115. The fourth-order valence-electron chi connectivity index (χ4n) is 3.09. The van der Waals surface area contributed by atoms with Crippen molar-refractivity contribution in [2.45, 2.75) is 25.2 Å². The van der Waals surface area contributed by atoms with Crippen molar-refractivity contribution in [3.63, 3.8) is 0 Å². The third kappa shape index (κ3) is 2.82. The van der Waals surface area contributed by atoms with Crippen molar-refractivity contribution in [3.05, 3.63) is 60.7 Å². The Labute approximate surface area is 161 Å². The normalized spacial score (nSPS) is 13.9. The number of aromatic nitrogens is 7. The van der Waals surface area contributed by atoms with Crippen LogP contribution in [0.15, 0.2) is 33.2 Å². The summed E-state index contributed by atoms with van der Waals surface area (Å²) in [5.41, 5.74) is 1.02. The average molecular weight is 391 g/mol. The monoisotopic (exact) mass is 391 g/mol. The van der Waals surface area contributed by atoms with Gasteiger partial charge in [0.1, 0.15) is 0 Å². The fourth-order valence-corrected chi connectivity index (χ4v) is 3.83. The Hall–Kier alpha value is -3.58. The number of hydrogen-bond donors (Lipinski definition) is 2. The highest BCUT2D eigenvalue weighted by molar-refractivity contribution is 7.10. The molecule has 2 N–H and O–H groups in total. The first-order chi connectivity index (χ1) is 13.7. The average Bonchev–Trinajstić information content (AvgIpc) is 3.31. The summed E-state index contributed by atoms with van der Waals surface area (Å²) in [6.45, 7) is 0. The molecule has 0 bridgehead atoms. The van der Waals surface area contributed by atoms with Gasteiger partial charge in [0.05, 0.1) is 16.6 Å². The molecule has 0 amide bonds. The molecule has 4 aromatic rings. The standard InChI is InChI=1S/C18H13N7O2S/c26-16-12-8-10(5-7-15-19-14(9-28-15)11-2-1-3-11)4-6-13(12)20-18(27)25(16)17-21-23-24-22-17/h4,6,8-9,11H,1-3H2,(H,20,27)(H,21,22,23,24). The Bertz CT molecular complexity index is 1350. The minimum atomic E-state index is -0.635. The maximum Gasteiger partial charge on any atom is 0.336 e. The minimum Gasteiger partial charge on any atom is -0.306 e. The quantitative estimate of drug-likeness (QED) is 0.497. The molecule has 0 radical (unpaired) electrons. The number of fused-ring (bicyclic) bond motifs is 1. The van der Waals surface area contributed by atoms with Crippen LogP contribution in [0.1, 0.15) is 41.4 Å². The number of tetrazole rings is 1. The summed E-state index contributed by atoms with van der Waals surface area (Å²) in [5, 5.41) is 16.2. The molecule has 0 aliphatic heterocycles. The zero-order valence-corrected chi connectivity index (χ0v) is 15.3. The number of hydrogen-bond acceptors (Lipinski definition) is 7. The van der Waals surface area contributed by atoms with Crippen LogP contribution in [0.25, 0.3) is 16.9 Å². The zero-order chi connectivity index (χ0) is 19.1. The first-order valence-electron chi connectivity index (χ1n) is 8.69. The van der Waals surface area contributed by atoms with E-state index in [9.17, 15) is 9.59 Å². The number of nitrogens with one attached hydrogen (secondary N) is 2. The van der Waals surface area contributed by atoms with Gasteiger partial charge in [-0.15, -0.1) is 16.4 Å². The maximum absolute atomic E-state index is 12.8. The Balaban J connectivity index is 1.54. The summed E-state index contributed by atoms with van der Waals surface area (Å²) in [5.74, 6) is 6.57. The van der Waals surface area contributed by atoms with Crippen molar-refractivity contribution in [2.24, 2.45) is 0 Å². The molecule has 5 rings (SSSR count). The summed E-state index contributed by atoms with van der Waals surface area (Å²) in [6.07, 6.45) is 3.67. The van der Waals surface area contributed by atoms with Gasteiger partial charge in [-0.3, -0.25) is 4.79 Å². The smallest absolute Gasteiger partial charge is 0.306 e. The van der Waals surface area contributed by atoms with Crippen LogP contribution in [-0.2, 0) is 0 Å². The molecule has 28 heavy (non-hydrogen) atoms. The molecule has 9 nitrogen and oxygen atoms in total. The van der Waals surface area contributed by atoms with Crippen LogP contribution in [0.4, 0.5) is 0 Å². The second kappa shape index (κ2) is 6.54. The van der Waals surface area contributed by atoms with E-state index in [4.69, 9.17) is 0 Å². The van der Waals surface area contributed by atoms with E-state index >= 15 is 0 Å².